The smallest absolute Gasteiger partial charge is 0.254 e. The fourth-order valence-corrected chi connectivity index (χ4v) is 4.02. The van der Waals surface area contributed by atoms with Gasteiger partial charge in [0, 0.05) is 23.5 Å². The SMILES string of the molecule is Cc1cccc(C(=O)N2Cc3nn(-c4ccccc4C)c(-n4cccc4)c3C2)c1. The number of amides is 1. The average Bonchev–Trinajstić information content (AvgIpc) is 3.43. The summed E-state index contributed by atoms with van der Waals surface area (Å²) in [6.45, 7) is 5.18. The molecule has 0 spiro atoms. The van der Waals surface area contributed by atoms with Crippen LogP contribution in [0, 0.1) is 13.8 Å². The van der Waals surface area contributed by atoms with Crippen molar-refractivity contribution in [2.24, 2.45) is 0 Å². The number of aryl methyl sites for hydroxylation is 2. The topological polar surface area (TPSA) is 43.1 Å². The summed E-state index contributed by atoms with van der Waals surface area (Å²) >= 11 is 0. The Bertz CT molecular complexity index is 1200. The van der Waals surface area contributed by atoms with Crippen molar-refractivity contribution in [2.75, 3.05) is 0 Å². The minimum atomic E-state index is 0.0487. The van der Waals surface area contributed by atoms with Gasteiger partial charge in [0.25, 0.3) is 5.91 Å². The molecule has 3 heterocycles. The van der Waals surface area contributed by atoms with E-state index in [0.29, 0.717) is 13.1 Å². The Balaban J connectivity index is 1.56. The Labute approximate surface area is 169 Å². The normalized spacial score (nSPS) is 13.0. The number of benzene rings is 2. The molecular weight excluding hydrogens is 360 g/mol. The number of hydrogen-bond acceptors (Lipinski definition) is 2. The molecule has 0 unspecified atom stereocenters. The molecule has 0 saturated heterocycles. The van der Waals surface area contributed by atoms with Crippen molar-refractivity contribution < 1.29 is 4.79 Å². The zero-order valence-electron chi connectivity index (χ0n) is 16.5. The van der Waals surface area contributed by atoms with Crippen LogP contribution in [-0.4, -0.2) is 25.2 Å². The number of nitrogens with zero attached hydrogens (tertiary/aromatic N) is 4. The van der Waals surface area contributed by atoms with Gasteiger partial charge in [0.2, 0.25) is 0 Å². The van der Waals surface area contributed by atoms with Crippen molar-refractivity contribution in [1.29, 1.82) is 0 Å². The number of rotatable bonds is 3. The third-order valence-corrected chi connectivity index (χ3v) is 5.47. The van der Waals surface area contributed by atoms with Crippen molar-refractivity contribution in [3.8, 4) is 11.5 Å². The largest absolute Gasteiger partial charge is 0.328 e. The lowest BCUT2D eigenvalue weighted by Crippen LogP contribution is -2.26. The Hall–Kier alpha value is -3.60. The highest BCUT2D eigenvalue weighted by atomic mass is 16.2. The van der Waals surface area contributed by atoms with Crippen molar-refractivity contribution >= 4 is 5.91 Å². The van der Waals surface area contributed by atoms with Gasteiger partial charge in [-0.25, -0.2) is 4.68 Å². The molecule has 0 saturated carbocycles. The lowest BCUT2D eigenvalue weighted by Gasteiger charge is -2.18. The van der Waals surface area contributed by atoms with E-state index in [2.05, 4.69) is 23.6 Å². The summed E-state index contributed by atoms with van der Waals surface area (Å²) in [6, 6.07) is 20.0. The zero-order chi connectivity index (χ0) is 20.0. The van der Waals surface area contributed by atoms with Gasteiger partial charge in [-0.3, -0.25) is 4.79 Å². The van der Waals surface area contributed by atoms with Gasteiger partial charge in [0.05, 0.1) is 24.5 Å². The van der Waals surface area contributed by atoms with Crippen LogP contribution >= 0.6 is 0 Å². The predicted octanol–water partition coefficient (Wildman–Crippen LogP) is 4.44. The van der Waals surface area contributed by atoms with E-state index < -0.39 is 0 Å². The molecule has 0 radical (unpaired) electrons. The first-order chi connectivity index (χ1) is 14.1. The summed E-state index contributed by atoms with van der Waals surface area (Å²) in [5.74, 6) is 1.05. The van der Waals surface area contributed by atoms with Gasteiger partial charge in [-0.2, -0.15) is 5.10 Å². The van der Waals surface area contributed by atoms with Crippen molar-refractivity contribution in [2.45, 2.75) is 26.9 Å². The van der Waals surface area contributed by atoms with Crippen molar-refractivity contribution in [1.82, 2.24) is 19.2 Å². The van der Waals surface area contributed by atoms with Crippen LogP contribution in [0.5, 0.6) is 0 Å². The zero-order valence-corrected chi connectivity index (χ0v) is 16.5. The lowest BCUT2D eigenvalue weighted by molar-refractivity contribution is 0.0749. The fourth-order valence-electron chi connectivity index (χ4n) is 4.02. The third kappa shape index (κ3) is 2.95. The van der Waals surface area contributed by atoms with Crippen LogP contribution in [0.4, 0.5) is 0 Å². The molecule has 1 aliphatic heterocycles. The second-order valence-corrected chi connectivity index (χ2v) is 7.57. The average molecular weight is 382 g/mol. The molecule has 0 aliphatic carbocycles. The van der Waals surface area contributed by atoms with E-state index in [0.717, 1.165) is 39.5 Å². The number of carbonyl (C=O) groups excluding carboxylic acids is 1. The molecule has 0 N–H and O–H groups in total. The third-order valence-electron chi connectivity index (χ3n) is 5.47. The van der Waals surface area contributed by atoms with Crippen LogP contribution in [0.2, 0.25) is 0 Å². The van der Waals surface area contributed by atoms with E-state index in [1.807, 2.05) is 77.4 Å². The molecule has 0 bridgehead atoms. The predicted molar refractivity (Wildman–Crippen MR) is 112 cm³/mol. The molecule has 2 aromatic heterocycles. The molecule has 29 heavy (non-hydrogen) atoms. The van der Waals surface area contributed by atoms with Gasteiger partial charge in [0.1, 0.15) is 5.82 Å². The summed E-state index contributed by atoms with van der Waals surface area (Å²) in [4.78, 5) is 14.9. The van der Waals surface area contributed by atoms with Gasteiger partial charge in [-0.15, -0.1) is 0 Å². The molecule has 1 amide bonds. The first-order valence-corrected chi connectivity index (χ1v) is 9.78. The van der Waals surface area contributed by atoms with Gasteiger partial charge < -0.3 is 9.47 Å². The minimum Gasteiger partial charge on any atom is -0.328 e. The first-order valence-electron chi connectivity index (χ1n) is 9.78. The first kappa shape index (κ1) is 17.5. The molecule has 2 aromatic carbocycles. The highest BCUT2D eigenvalue weighted by Gasteiger charge is 2.32. The minimum absolute atomic E-state index is 0.0487. The standard InChI is InChI=1S/C24H22N4O/c1-17-8-7-10-19(14-17)24(29)27-15-20-21(16-27)25-28(22-11-4-3-9-18(22)2)23(20)26-12-5-6-13-26/h3-14H,15-16H2,1-2H3. The van der Waals surface area contributed by atoms with Gasteiger partial charge in [0.15, 0.2) is 0 Å². The molecule has 0 atom stereocenters. The second-order valence-electron chi connectivity index (χ2n) is 7.57. The van der Waals surface area contributed by atoms with Crippen molar-refractivity contribution in [3.63, 3.8) is 0 Å². The maximum atomic E-state index is 13.1. The van der Waals surface area contributed by atoms with Gasteiger partial charge >= 0.3 is 0 Å². The number of fused-ring (bicyclic) bond motifs is 1. The monoisotopic (exact) mass is 382 g/mol. The van der Waals surface area contributed by atoms with Gasteiger partial charge in [-0.05, 0) is 49.7 Å². The Morgan fingerprint density at radius 1 is 0.931 bits per heavy atom. The van der Waals surface area contributed by atoms with Gasteiger partial charge in [-0.1, -0.05) is 35.9 Å². The number of aromatic nitrogens is 3. The number of carbonyl (C=O) groups is 1. The Morgan fingerprint density at radius 3 is 2.48 bits per heavy atom. The molecule has 5 rings (SSSR count). The maximum Gasteiger partial charge on any atom is 0.254 e. The van der Waals surface area contributed by atoms with E-state index in [-0.39, 0.29) is 5.91 Å². The summed E-state index contributed by atoms with van der Waals surface area (Å²) in [5, 5.41) is 4.92. The van der Waals surface area contributed by atoms with Crippen LogP contribution < -0.4 is 0 Å². The summed E-state index contributed by atoms with van der Waals surface area (Å²) < 4.78 is 4.09. The lowest BCUT2D eigenvalue weighted by atomic mass is 10.1. The molecule has 0 fully saturated rings. The van der Waals surface area contributed by atoms with E-state index in [1.165, 1.54) is 0 Å². The van der Waals surface area contributed by atoms with Crippen LogP contribution in [0.1, 0.15) is 32.7 Å². The highest BCUT2D eigenvalue weighted by molar-refractivity contribution is 5.94. The summed E-state index contributed by atoms with van der Waals surface area (Å²) in [5.41, 5.74) is 6.09. The van der Waals surface area contributed by atoms with Crippen molar-refractivity contribution in [3.05, 3.63) is 101 Å². The summed E-state index contributed by atoms with van der Waals surface area (Å²) in [7, 11) is 0. The summed E-state index contributed by atoms with van der Waals surface area (Å²) in [6.07, 6.45) is 4.05. The van der Waals surface area contributed by atoms with E-state index in [4.69, 9.17) is 5.10 Å². The van der Waals surface area contributed by atoms with Crippen LogP contribution in [0.3, 0.4) is 0 Å². The molecule has 5 nitrogen and oxygen atoms in total. The molecule has 5 heteroatoms. The number of para-hydroxylation sites is 1. The molecule has 4 aromatic rings. The number of hydrogen-bond donors (Lipinski definition) is 0. The highest BCUT2D eigenvalue weighted by Crippen LogP contribution is 2.32. The molecular formula is C24H22N4O. The van der Waals surface area contributed by atoms with E-state index >= 15 is 0 Å². The fraction of sp³-hybridized carbons (Fsp3) is 0.167. The van der Waals surface area contributed by atoms with Crippen LogP contribution in [0.15, 0.2) is 73.1 Å². The quantitative estimate of drug-likeness (QED) is 0.526. The molecule has 1 aliphatic rings. The molecule has 144 valence electrons. The van der Waals surface area contributed by atoms with Crippen LogP contribution in [-0.2, 0) is 13.1 Å². The maximum absolute atomic E-state index is 13.1. The Kier molecular flexibility index (Phi) is 4.09. The Morgan fingerprint density at radius 2 is 1.72 bits per heavy atom. The van der Waals surface area contributed by atoms with E-state index in [9.17, 15) is 4.79 Å². The van der Waals surface area contributed by atoms with E-state index in [1.54, 1.807) is 0 Å². The van der Waals surface area contributed by atoms with Crippen LogP contribution in [0.25, 0.3) is 11.5 Å². The second kappa shape index (κ2) is 6.78.